The molecular weight excluding hydrogens is 559 g/mol. The predicted molar refractivity (Wildman–Crippen MR) is 169 cm³/mol. The fourth-order valence-corrected chi connectivity index (χ4v) is 6.01. The molecule has 1 aliphatic heterocycles. The van der Waals surface area contributed by atoms with Crippen LogP contribution in [0.3, 0.4) is 0 Å². The highest BCUT2D eigenvalue weighted by Crippen LogP contribution is 2.39. The molecule has 5 N–H and O–H groups in total. The molecule has 3 heterocycles. The lowest BCUT2D eigenvalue weighted by Crippen LogP contribution is -2.47. The van der Waals surface area contributed by atoms with Crippen LogP contribution in [0.4, 0.5) is 10.1 Å². The first-order chi connectivity index (χ1) is 21.3. The van der Waals surface area contributed by atoms with Crippen LogP contribution in [0.5, 0.6) is 0 Å². The first kappa shape index (κ1) is 27.4. The van der Waals surface area contributed by atoms with Crippen molar-refractivity contribution in [2.24, 2.45) is 5.73 Å². The molecule has 9 nitrogen and oxygen atoms in total. The molecule has 0 saturated carbocycles. The zero-order valence-electron chi connectivity index (χ0n) is 23.9. The van der Waals surface area contributed by atoms with E-state index in [1.165, 1.54) is 24.3 Å². The Morgan fingerprint density at radius 1 is 0.818 bits per heavy atom. The summed E-state index contributed by atoms with van der Waals surface area (Å²) in [5.74, 6) is -1.35. The molecule has 0 unspecified atom stereocenters. The molecular formula is C34H29FN6O3. The number of likely N-dealkylation sites (N-methyl/N-ethyl adjacent to an activating group) is 1. The smallest absolute Gasteiger partial charge is 0.272 e. The number of amides is 3. The van der Waals surface area contributed by atoms with Crippen molar-refractivity contribution in [1.82, 2.24) is 19.8 Å². The first-order valence-electron chi connectivity index (χ1n) is 14.3. The number of H-pyrrole nitrogens is 2. The lowest BCUT2D eigenvalue weighted by molar-refractivity contribution is 0.0664. The molecule has 10 heteroatoms. The van der Waals surface area contributed by atoms with Gasteiger partial charge < -0.3 is 30.8 Å². The Balaban J connectivity index is 1.32. The summed E-state index contributed by atoms with van der Waals surface area (Å²) in [7, 11) is 2.05. The van der Waals surface area contributed by atoms with E-state index in [0.29, 0.717) is 41.1 Å². The third-order valence-corrected chi connectivity index (χ3v) is 8.36. The topological polar surface area (TPSA) is 127 Å². The molecule has 0 radical (unpaired) electrons. The van der Waals surface area contributed by atoms with Crippen LogP contribution in [0.15, 0.2) is 78.9 Å². The standard InChI is InChI=1S/C34H29FN6O3/c1-40-13-15-41(16-14-40)34(44)19-5-10-24-28(17-19)39-31-25(32(36)42)12-11-23(30(24)31)22-3-2-4-27-26(22)18-29(38-27)33(43)37-21-8-6-20(35)7-9-21/h2-12,17-18,38-39H,13-16H2,1H3,(H2,36,42)(H,37,43). The Bertz CT molecular complexity index is 2110. The SMILES string of the molecule is CN1CCN(C(=O)c2ccc3c(c2)[nH]c2c(C(N)=O)ccc(-c4cccc5[nH]c(C(=O)Nc6ccc(F)cc6)cc45)c23)CC1. The van der Waals surface area contributed by atoms with Crippen molar-refractivity contribution in [3.63, 3.8) is 0 Å². The van der Waals surface area contributed by atoms with Gasteiger partial charge in [0, 0.05) is 64.6 Å². The third-order valence-electron chi connectivity index (χ3n) is 8.36. The van der Waals surface area contributed by atoms with E-state index in [4.69, 9.17) is 5.73 Å². The summed E-state index contributed by atoms with van der Waals surface area (Å²) in [5.41, 5.74) is 11.2. The number of piperazine rings is 1. The van der Waals surface area contributed by atoms with Gasteiger partial charge >= 0.3 is 0 Å². The van der Waals surface area contributed by atoms with Crippen molar-refractivity contribution in [1.29, 1.82) is 0 Å². The van der Waals surface area contributed by atoms with Crippen molar-refractivity contribution in [3.8, 4) is 11.1 Å². The maximum absolute atomic E-state index is 13.3. The maximum Gasteiger partial charge on any atom is 0.272 e. The number of rotatable bonds is 5. The van der Waals surface area contributed by atoms with Crippen molar-refractivity contribution >= 4 is 56.1 Å². The normalized spacial score (nSPS) is 14.0. The van der Waals surface area contributed by atoms with Gasteiger partial charge in [-0.2, -0.15) is 0 Å². The van der Waals surface area contributed by atoms with Crippen LogP contribution in [-0.2, 0) is 0 Å². The lowest BCUT2D eigenvalue weighted by atomic mass is 9.94. The molecule has 0 bridgehead atoms. The van der Waals surface area contributed by atoms with Crippen molar-refractivity contribution in [2.75, 3.05) is 38.5 Å². The van der Waals surface area contributed by atoms with Gasteiger partial charge in [-0.05, 0) is 72.8 Å². The van der Waals surface area contributed by atoms with Crippen LogP contribution in [-0.4, -0.2) is 70.7 Å². The van der Waals surface area contributed by atoms with Crippen LogP contribution >= 0.6 is 0 Å². The summed E-state index contributed by atoms with van der Waals surface area (Å²) in [4.78, 5) is 49.5. The number of aromatic nitrogens is 2. The summed E-state index contributed by atoms with van der Waals surface area (Å²) in [6.07, 6.45) is 0. The number of halogens is 1. The number of carbonyl (C=O) groups excluding carboxylic acids is 3. The number of aromatic amines is 2. The average molecular weight is 589 g/mol. The molecule has 1 saturated heterocycles. The average Bonchev–Trinajstić information content (AvgIpc) is 3.64. The fourth-order valence-electron chi connectivity index (χ4n) is 6.01. The van der Waals surface area contributed by atoms with Gasteiger partial charge in [-0.1, -0.05) is 24.3 Å². The van der Waals surface area contributed by atoms with Gasteiger partial charge in [-0.15, -0.1) is 0 Å². The molecule has 220 valence electrons. The van der Waals surface area contributed by atoms with E-state index in [1.54, 1.807) is 12.1 Å². The second-order valence-corrected chi connectivity index (χ2v) is 11.2. The summed E-state index contributed by atoms with van der Waals surface area (Å²) in [6.45, 7) is 2.99. The fraction of sp³-hybridized carbons (Fsp3) is 0.147. The van der Waals surface area contributed by atoms with E-state index < -0.39 is 5.91 Å². The van der Waals surface area contributed by atoms with Crippen LogP contribution in [0, 0.1) is 5.82 Å². The molecule has 7 rings (SSSR count). The Hall–Kier alpha value is -5.48. The van der Waals surface area contributed by atoms with Gasteiger partial charge in [-0.3, -0.25) is 14.4 Å². The highest BCUT2D eigenvalue weighted by Gasteiger charge is 2.23. The first-order valence-corrected chi connectivity index (χ1v) is 14.3. The molecule has 1 aliphatic rings. The molecule has 3 amide bonds. The summed E-state index contributed by atoms with van der Waals surface area (Å²) in [6, 6.07) is 22.2. The summed E-state index contributed by atoms with van der Waals surface area (Å²) in [5, 5.41) is 5.23. The number of hydrogen-bond acceptors (Lipinski definition) is 4. The highest BCUT2D eigenvalue weighted by molar-refractivity contribution is 6.22. The monoisotopic (exact) mass is 588 g/mol. The number of nitrogens with zero attached hydrogens (tertiary/aromatic N) is 2. The molecule has 4 aromatic carbocycles. The maximum atomic E-state index is 13.3. The number of fused-ring (bicyclic) bond motifs is 4. The van der Waals surface area contributed by atoms with E-state index in [9.17, 15) is 18.8 Å². The minimum Gasteiger partial charge on any atom is -0.366 e. The molecule has 6 aromatic rings. The van der Waals surface area contributed by atoms with Gasteiger partial charge in [0.2, 0.25) is 0 Å². The second kappa shape index (κ2) is 10.7. The van der Waals surface area contributed by atoms with Crippen LogP contribution in [0.25, 0.3) is 43.8 Å². The van der Waals surface area contributed by atoms with Gasteiger partial charge in [0.05, 0.1) is 11.1 Å². The number of benzene rings is 4. The molecule has 0 spiro atoms. The van der Waals surface area contributed by atoms with Gasteiger partial charge in [0.25, 0.3) is 17.7 Å². The Kier molecular flexibility index (Phi) is 6.63. The van der Waals surface area contributed by atoms with E-state index in [2.05, 4.69) is 20.2 Å². The minimum atomic E-state index is -0.568. The zero-order chi connectivity index (χ0) is 30.5. The van der Waals surface area contributed by atoms with E-state index in [0.717, 1.165) is 51.4 Å². The predicted octanol–water partition coefficient (Wildman–Crippen LogP) is 5.35. The van der Waals surface area contributed by atoms with Gasteiger partial charge in [0.1, 0.15) is 11.5 Å². The summed E-state index contributed by atoms with van der Waals surface area (Å²) < 4.78 is 13.3. The molecule has 0 aliphatic carbocycles. The third kappa shape index (κ3) is 4.75. The van der Waals surface area contributed by atoms with Crippen molar-refractivity contribution in [3.05, 3.63) is 102 Å². The Labute approximate surface area is 251 Å². The van der Waals surface area contributed by atoms with E-state index in [-0.39, 0.29) is 17.6 Å². The lowest BCUT2D eigenvalue weighted by Gasteiger charge is -2.32. The van der Waals surface area contributed by atoms with Crippen molar-refractivity contribution < 1.29 is 18.8 Å². The zero-order valence-corrected chi connectivity index (χ0v) is 23.9. The Morgan fingerprint density at radius 3 is 2.34 bits per heavy atom. The number of anilines is 1. The molecule has 44 heavy (non-hydrogen) atoms. The van der Waals surface area contributed by atoms with Gasteiger partial charge in [-0.25, -0.2) is 4.39 Å². The molecule has 1 fully saturated rings. The quantitative estimate of drug-likeness (QED) is 0.217. The van der Waals surface area contributed by atoms with E-state index >= 15 is 0 Å². The number of nitrogens with two attached hydrogens (primary N) is 1. The Morgan fingerprint density at radius 2 is 1.59 bits per heavy atom. The summed E-state index contributed by atoms with van der Waals surface area (Å²) >= 11 is 0. The minimum absolute atomic E-state index is 0.0301. The number of primary amides is 1. The largest absolute Gasteiger partial charge is 0.366 e. The van der Waals surface area contributed by atoms with Crippen LogP contribution in [0.2, 0.25) is 0 Å². The van der Waals surface area contributed by atoms with E-state index in [1.807, 2.05) is 54.4 Å². The second-order valence-electron chi connectivity index (χ2n) is 11.2. The highest BCUT2D eigenvalue weighted by atomic mass is 19.1. The molecule has 0 atom stereocenters. The number of carbonyl (C=O) groups is 3. The van der Waals surface area contributed by atoms with Crippen LogP contribution < -0.4 is 11.1 Å². The number of nitrogens with one attached hydrogen (secondary N) is 3. The number of hydrogen-bond donors (Lipinski definition) is 4. The van der Waals surface area contributed by atoms with Crippen LogP contribution in [0.1, 0.15) is 31.2 Å². The van der Waals surface area contributed by atoms with Crippen molar-refractivity contribution in [2.45, 2.75) is 0 Å². The molecule has 2 aromatic heterocycles. The van der Waals surface area contributed by atoms with Gasteiger partial charge in [0.15, 0.2) is 0 Å².